The van der Waals surface area contributed by atoms with Crippen molar-refractivity contribution >= 4 is 23.2 Å². The molecule has 0 aliphatic rings. The molecule has 0 saturated carbocycles. The number of hydrogen-bond acceptors (Lipinski definition) is 5. The Hall–Kier alpha value is -3.00. The zero-order valence-corrected chi connectivity index (χ0v) is 13.0. The van der Waals surface area contributed by atoms with Crippen LogP contribution in [-0.4, -0.2) is 22.0 Å². The van der Waals surface area contributed by atoms with E-state index in [0.29, 0.717) is 5.01 Å². The summed E-state index contributed by atoms with van der Waals surface area (Å²) in [5.41, 5.74) is 0.201. The van der Waals surface area contributed by atoms with E-state index < -0.39 is 17.7 Å². The third-order valence-electron chi connectivity index (χ3n) is 3.14. The number of carboxylic acids is 1. The fourth-order valence-corrected chi connectivity index (χ4v) is 2.71. The highest BCUT2D eigenvalue weighted by molar-refractivity contribution is 7.09. The number of aromatic carboxylic acids is 1. The molecule has 122 valence electrons. The SMILES string of the molecule is O=C(O)c1csc(CNC(=O)c2ccc(-c3ccccc3F)o2)n1. The zero-order valence-electron chi connectivity index (χ0n) is 12.2. The Morgan fingerprint density at radius 1 is 1.25 bits per heavy atom. The minimum atomic E-state index is -1.12. The molecule has 1 aromatic carbocycles. The van der Waals surface area contributed by atoms with E-state index in [1.165, 1.54) is 23.6 Å². The Bertz CT molecular complexity index is 903. The van der Waals surface area contributed by atoms with Crippen molar-refractivity contribution in [1.29, 1.82) is 0 Å². The molecule has 0 aliphatic heterocycles. The van der Waals surface area contributed by atoms with Crippen LogP contribution in [0.25, 0.3) is 11.3 Å². The summed E-state index contributed by atoms with van der Waals surface area (Å²) in [6.45, 7) is 0.0759. The Morgan fingerprint density at radius 3 is 2.75 bits per heavy atom. The first-order valence-corrected chi connectivity index (χ1v) is 7.73. The molecular formula is C16H11FN2O4S. The lowest BCUT2D eigenvalue weighted by molar-refractivity contribution is 0.0691. The van der Waals surface area contributed by atoms with Crippen LogP contribution in [0.1, 0.15) is 26.1 Å². The van der Waals surface area contributed by atoms with Crippen molar-refractivity contribution in [2.24, 2.45) is 0 Å². The molecule has 0 fully saturated rings. The second kappa shape index (κ2) is 6.63. The number of halogens is 1. The van der Waals surface area contributed by atoms with Crippen molar-refractivity contribution in [3.05, 3.63) is 64.1 Å². The van der Waals surface area contributed by atoms with Crippen molar-refractivity contribution in [2.75, 3.05) is 0 Å². The first-order valence-electron chi connectivity index (χ1n) is 6.85. The van der Waals surface area contributed by atoms with Crippen LogP contribution in [0.15, 0.2) is 46.2 Å². The summed E-state index contributed by atoms with van der Waals surface area (Å²) < 4.78 is 19.1. The van der Waals surface area contributed by atoms with E-state index >= 15 is 0 Å². The number of carboxylic acid groups (broad SMARTS) is 1. The molecule has 3 aromatic rings. The van der Waals surface area contributed by atoms with E-state index in [2.05, 4.69) is 10.3 Å². The predicted molar refractivity (Wildman–Crippen MR) is 84.3 cm³/mol. The Labute approximate surface area is 139 Å². The van der Waals surface area contributed by atoms with E-state index in [1.807, 2.05) is 0 Å². The van der Waals surface area contributed by atoms with Gasteiger partial charge in [-0.25, -0.2) is 14.2 Å². The highest BCUT2D eigenvalue weighted by Gasteiger charge is 2.15. The number of amides is 1. The molecule has 3 rings (SSSR count). The van der Waals surface area contributed by atoms with Crippen LogP contribution in [0.2, 0.25) is 0 Å². The van der Waals surface area contributed by atoms with Gasteiger partial charge < -0.3 is 14.8 Å². The number of furan rings is 1. The van der Waals surface area contributed by atoms with Gasteiger partial charge in [0, 0.05) is 5.38 Å². The van der Waals surface area contributed by atoms with Crippen molar-refractivity contribution in [1.82, 2.24) is 10.3 Å². The van der Waals surface area contributed by atoms with Gasteiger partial charge in [-0.05, 0) is 24.3 Å². The van der Waals surface area contributed by atoms with Crippen molar-refractivity contribution in [3.63, 3.8) is 0 Å². The number of aromatic nitrogens is 1. The van der Waals surface area contributed by atoms with Crippen LogP contribution in [0.5, 0.6) is 0 Å². The molecule has 0 aliphatic carbocycles. The summed E-state index contributed by atoms with van der Waals surface area (Å²) in [4.78, 5) is 26.7. The maximum absolute atomic E-state index is 13.7. The van der Waals surface area contributed by atoms with Gasteiger partial charge in [-0.2, -0.15) is 0 Å². The second-order valence-corrected chi connectivity index (χ2v) is 5.70. The molecular weight excluding hydrogens is 335 g/mol. The first kappa shape index (κ1) is 15.9. The van der Waals surface area contributed by atoms with E-state index in [9.17, 15) is 14.0 Å². The summed E-state index contributed by atoms with van der Waals surface area (Å²) >= 11 is 1.13. The summed E-state index contributed by atoms with van der Waals surface area (Å²) in [5.74, 6) is -1.78. The number of rotatable bonds is 5. The van der Waals surface area contributed by atoms with Gasteiger partial charge in [0.1, 0.15) is 16.6 Å². The van der Waals surface area contributed by atoms with Crippen LogP contribution >= 0.6 is 11.3 Å². The van der Waals surface area contributed by atoms with E-state index in [0.717, 1.165) is 11.3 Å². The number of carbonyl (C=O) groups is 2. The molecule has 24 heavy (non-hydrogen) atoms. The number of thiazole rings is 1. The number of carbonyl (C=O) groups excluding carboxylic acids is 1. The maximum Gasteiger partial charge on any atom is 0.355 e. The van der Waals surface area contributed by atoms with Crippen LogP contribution < -0.4 is 5.32 Å². The molecule has 2 aromatic heterocycles. The minimum Gasteiger partial charge on any atom is -0.476 e. The number of benzene rings is 1. The monoisotopic (exact) mass is 346 g/mol. The molecule has 0 bridgehead atoms. The van der Waals surface area contributed by atoms with Gasteiger partial charge in [-0.3, -0.25) is 4.79 Å². The Morgan fingerprint density at radius 2 is 2.04 bits per heavy atom. The molecule has 0 unspecified atom stereocenters. The summed E-state index contributed by atoms with van der Waals surface area (Å²) in [5, 5.41) is 13.2. The van der Waals surface area contributed by atoms with Gasteiger partial charge in [0.25, 0.3) is 5.91 Å². The van der Waals surface area contributed by atoms with Crippen molar-refractivity contribution in [2.45, 2.75) is 6.54 Å². The van der Waals surface area contributed by atoms with Gasteiger partial charge >= 0.3 is 5.97 Å². The normalized spacial score (nSPS) is 10.5. The molecule has 2 N–H and O–H groups in total. The average Bonchev–Trinajstić information content (AvgIpc) is 3.22. The van der Waals surface area contributed by atoms with Gasteiger partial charge in [-0.1, -0.05) is 12.1 Å². The standard InChI is InChI=1S/C16H11FN2O4S/c17-10-4-2-1-3-9(10)12-5-6-13(23-12)15(20)18-7-14-19-11(8-24-14)16(21)22/h1-6,8H,7H2,(H,18,20)(H,21,22). The quantitative estimate of drug-likeness (QED) is 0.740. The Balaban J connectivity index is 1.67. The van der Waals surface area contributed by atoms with Crippen LogP contribution in [0.4, 0.5) is 4.39 Å². The predicted octanol–water partition coefficient (Wildman–Crippen LogP) is 3.17. The average molecular weight is 346 g/mol. The number of nitrogens with zero attached hydrogens (tertiary/aromatic N) is 1. The summed E-state index contributed by atoms with van der Waals surface area (Å²) in [6, 6.07) is 9.05. The van der Waals surface area contributed by atoms with Crippen molar-refractivity contribution < 1.29 is 23.5 Å². The summed E-state index contributed by atoms with van der Waals surface area (Å²) in [7, 11) is 0. The van der Waals surface area contributed by atoms with Gasteiger partial charge in [0.05, 0.1) is 12.1 Å². The highest BCUT2D eigenvalue weighted by Crippen LogP contribution is 2.24. The van der Waals surface area contributed by atoms with Gasteiger partial charge in [0.2, 0.25) is 0 Å². The first-order chi connectivity index (χ1) is 11.5. The van der Waals surface area contributed by atoms with E-state index in [1.54, 1.807) is 18.2 Å². The topological polar surface area (TPSA) is 92.4 Å². The zero-order chi connectivity index (χ0) is 17.1. The molecule has 8 heteroatoms. The van der Waals surface area contributed by atoms with Gasteiger partial charge in [-0.15, -0.1) is 11.3 Å². The molecule has 6 nitrogen and oxygen atoms in total. The Kier molecular flexibility index (Phi) is 4.39. The van der Waals surface area contributed by atoms with E-state index in [-0.39, 0.29) is 29.3 Å². The van der Waals surface area contributed by atoms with Crippen LogP contribution in [-0.2, 0) is 6.54 Å². The minimum absolute atomic E-state index is 0.0308. The number of nitrogens with one attached hydrogen (secondary N) is 1. The lowest BCUT2D eigenvalue weighted by Gasteiger charge is -2.01. The molecule has 0 atom stereocenters. The largest absolute Gasteiger partial charge is 0.476 e. The highest BCUT2D eigenvalue weighted by atomic mass is 32.1. The molecule has 0 spiro atoms. The van der Waals surface area contributed by atoms with Gasteiger partial charge in [0.15, 0.2) is 11.5 Å². The lowest BCUT2D eigenvalue weighted by atomic mass is 10.1. The molecule has 1 amide bonds. The van der Waals surface area contributed by atoms with Crippen molar-refractivity contribution in [3.8, 4) is 11.3 Å². The second-order valence-electron chi connectivity index (χ2n) is 4.76. The summed E-state index contributed by atoms with van der Waals surface area (Å²) in [6.07, 6.45) is 0. The van der Waals surface area contributed by atoms with Crippen LogP contribution in [0, 0.1) is 5.82 Å². The molecule has 2 heterocycles. The fraction of sp³-hybridized carbons (Fsp3) is 0.0625. The number of hydrogen-bond donors (Lipinski definition) is 2. The molecule has 0 radical (unpaired) electrons. The fourth-order valence-electron chi connectivity index (χ4n) is 2.00. The van der Waals surface area contributed by atoms with E-state index in [4.69, 9.17) is 9.52 Å². The maximum atomic E-state index is 13.7. The third-order valence-corrected chi connectivity index (χ3v) is 3.99. The third kappa shape index (κ3) is 3.33. The lowest BCUT2D eigenvalue weighted by Crippen LogP contribution is -2.22. The smallest absolute Gasteiger partial charge is 0.355 e. The van der Waals surface area contributed by atoms with Crippen LogP contribution in [0.3, 0.4) is 0 Å². The molecule has 0 saturated heterocycles.